The van der Waals surface area contributed by atoms with Crippen LogP contribution in [-0.2, 0) is 0 Å². The van der Waals surface area contributed by atoms with E-state index in [0.717, 1.165) is 18.7 Å². The van der Waals surface area contributed by atoms with Crippen LogP contribution in [0.25, 0.3) is 0 Å². The highest BCUT2D eigenvalue weighted by molar-refractivity contribution is 6.30. The molecule has 0 amide bonds. The zero-order chi connectivity index (χ0) is 13.4. The number of rotatable bonds is 7. The van der Waals surface area contributed by atoms with Gasteiger partial charge in [0.25, 0.3) is 0 Å². The third-order valence-electron chi connectivity index (χ3n) is 2.68. The maximum atomic E-state index is 5.92. The largest absolute Gasteiger partial charge is 0.489 e. The average Bonchev–Trinajstić information content (AvgIpc) is 2.34. The molecule has 0 spiro atoms. The fraction of sp³-hybridized carbons (Fsp3) is 0.467. The molecule has 98 valence electrons. The lowest BCUT2D eigenvalue weighted by atomic mass is 10.1. The predicted octanol–water partition coefficient (Wildman–Crippen LogP) is 3.50. The number of terminal acetylenes is 1. The van der Waals surface area contributed by atoms with Gasteiger partial charge in [0.2, 0.25) is 0 Å². The molecule has 1 rings (SSSR count). The minimum Gasteiger partial charge on any atom is -0.489 e. The van der Waals surface area contributed by atoms with E-state index in [1.165, 1.54) is 0 Å². The molecule has 2 nitrogen and oxygen atoms in total. The van der Waals surface area contributed by atoms with Gasteiger partial charge in [0.05, 0.1) is 6.04 Å². The maximum Gasteiger partial charge on any atom is 0.121 e. The molecule has 1 aromatic rings. The van der Waals surface area contributed by atoms with Crippen molar-refractivity contribution in [2.45, 2.75) is 38.8 Å². The van der Waals surface area contributed by atoms with Gasteiger partial charge in [-0.15, -0.1) is 12.3 Å². The standard InChI is InChI=1S/C15H20ClNO/c1-4-7-15(17-10-5-2)12(3)18-14-9-6-8-13(16)11-14/h1,6,8-9,11-12,15,17H,5,7,10H2,2-3H3. The van der Waals surface area contributed by atoms with Gasteiger partial charge in [-0.1, -0.05) is 24.6 Å². The normalized spacial score (nSPS) is 13.7. The summed E-state index contributed by atoms with van der Waals surface area (Å²) in [5.74, 6) is 3.46. The van der Waals surface area contributed by atoms with Crippen LogP contribution in [0.15, 0.2) is 24.3 Å². The van der Waals surface area contributed by atoms with Crippen LogP contribution < -0.4 is 10.1 Å². The molecule has 3 heteroatoms. The highest BCUT2D eigenvalue weighted by Gasteiger charge is 2.17. The maximum absolute atomic E-state index is 5.92. The summed E-state index contributed by atoms with van der Waals surface area (Å²) in [6, 6.07) is 7.57. The molecule has 0 aliphatic heterocycles. The van der Waals surface area contributed by atoms with Gasteiger partial charge in [0, 0.05) is 11.4 Å². The van der Waals surface area contributed by atoms with Crippen LogP contribution in [0.4, 0.5) is 0 Å². The van der Waals surface area contributed by atoms with Crippen molar-refractivity contribution in [1.82, 2.24) is 5.32 Å². The van der Waals surface area contributed by atoms with Crippen molar-refractivity contribution in [3.05, 3.63) is 29.3 Å². The van der Waals surface area contributed by atoms with Crippen molar-refractivity contribution in [3.8, 4) is 18.1 Å². The van der Waals surface area contributed by atoms with Gasteiger partial charge in [0.15, 0.2) is 0 Å². The Hall–Kier alpha value is -1.17. The molecule has 2 atom stereocenters. The lowest BCUT2D eigenvalue weighted by molar-refractivity contribution is 0.172. The van der Waals surface area contributed by atoms with Crippen LogP contribution in [0.1, 0.15) is 26.7 Å². The Bertz CT molecular complexity index is 400. The first kappa shape index (κ1) is 14.9. The summed E-state index contributed by atoms with van der Waals surface area (Å²) in [4.78, 5) is 0. The van der Waals surface area contributed by atoms with Gasteiger partial charge in [-0.25, -0.2) is 0 Å². The fourth-order valence-corrected chi connectivity index (χ4v) is 1.88. The van der Waals surface area contributed by atoms with Gasteiger partial charge in [-0.2, -0.15) is 0 Å². The molecule has 0 aliphatic carbocycles. The smallest absolute Gasteiger partial charge is 0.121 e. The Morgan fingerprint density at radius 2 is 2.28 bits per heavy atom. The van der Waals surface area contributed by atoms with E-state index in [0.29, 0.717) is 11.4 Å². The topological polar surface area (TPSA) is 21.3 Å². The predicted molar refractivity (Wildman–Crippen MR) is 77.1 cm³/mol. The highest BCUT2D eigenvalue weighted by Crippen LogP contribution is 2.19. The Labute approximate surface area is 115 Å². The van der Waals surface area contributed by atoms with Crippen molar-refractivity contribution >= 4 is 11.6 Å². The Morgan fingerprint density at radius 3 is 2.89 bits per heavy atom. The van der Waals surface area contributed by atoms with E-state index < -0.39 is 0 Å². The van der Waals surface area contributed by atoms with Crippen LogP contribution in [0.3, 0.4) is 0 Å². The second-order valence-corrected chi connectivity index (χ2v) is 4.69. The third kappa shape index (κ3) is 5.00. The average molecular weight is 266 g/mol. The van der Waals surface area contributed by atoms with Gasteiger partial charge in [-0.05, 0) is 38.1 Å². The molecule has 0 heterocycles. The van der Waals surface area contributed by atoms with Crippen LogP contribution in [-0.4, -0.2) is 18.7 Å². The zero-order valence-corrected chi connectivity index (χ0v) is 11.7. The number of hydrogen-bond acceptors (Lipinski definition) is 2. The Kier molecular flexibility index (Phi) is 6.64. The van der Waals surface area contributed by atoms with E-state index in [-0.39, 0.29) is 12.1 Å². The number of ether oxygens (including phenoxy) is 1. The van der Waals surface area contributed by atoms with E-state index in [1.54, 1.807) is 0 Å². The molecule has 0 saturated heterocycles. The molecule has 18 heavy (non-hydrogen) atoms. The van der Waals surface area contributed by atoms with Crippen molar-refractivity contribution in [3.63, 3.8) is 0 Å². The van der Waals surface area contributed by atoms with Crippen molar-refractivity contribution in [2.24, 2.45) is 0 Å². The molecule has 1 N–H and O–H groups in total. The first-order valence-electron chi connectivity index (χ1n) is 6.26. The molecule has 0 fully saturated rings. The van der Waals surface area contributed by atoms with E-state index in [9.17, 15) is 0 Å². The minimum absolute atomic E-state index is 0.00562. The van der Waals surface area contributed by atoms with Crippen LogP contribution in [0, 0.1) is 12.3 Å². The first-order chi connectivity index (χ1) is 8.67. The van der Waals surface area contributed by atoms with E-state index in [2.05, 4.69) is 18.2 Å². The molecule has 0 bridgehead atoms. The second kappa shape index (κ2) is 8.02. The minimum atomic E-state index is 0.00562. The van der Waals surface area contributed by atoms with Gasteiger partial charge in [-0.3, -0.25) is 0 Å². The van der Waals surface area contributed by atoms with Gasteiger partial charge in [0.1, 0.15) is 11.9 Å². The lowest BCUT2D eigenvalue weighted by Gasteiger charge is -2.24. The summed E-state index contributed by atoms with van der Waals surface area (Å²) in [5.41, 5.74) is 0. The number of hydrogen-bond donors (Lipinski definition) is 1. The zero-order valence-electron chi connectivity index (χ0n) is 10.9. The molecular formula is C15H20ClNO. The number of halogens is 1. The van der Waals surface area contributed by atoms with E-state index in [4.69, 9.17) is 22.8 Å². The summed E-state index contributed by atoms with van der Waals surface area (Å²) in [7, 11) is 0. The van der Waals surface area contributed by atoms with Gasteiger partial charge < -0.3 is 10.1 Å². The second-order valence-electron chi connectivity index (χ2n) is 4.25. The molecule has 0 aliphatic rings. The van der Waals surface area contributed by atoms with Crippen LogP contribution >= 0.6 is 11.6 Å². The molecule has 2 unspecified atom stereocenters. The quantitative estimate of drug-likeness (QED) is 0.762. The summed E-state index contributed by atoms with van der Waals surface area (Å²) in [6.45, 7) is 5.09. The summed E-state index contributed by atoms with van der Waals surface area (Å²) in [5, 5.41) is 4.08. The third-order valence-corrected chi connectivity index (χ3v) is 2.91. The van der Waals surface area contributed by atoms with E-state index >= 15 is 0 Å². The van der Waals surface area contributed by atoms with Crippen LogP contribution in [0.2, 0.25) is 5.02 Å². The highest BCUT2D eigenvalue weighted by atomic mass is 35.5. The Balaban J connectivity index is 2.60. The van der Waals surface area contributed by atoms with Gasteiger partial charge >= 0.3 is 0 Å². The number of nitrogens with one attached hydrogen (secondary N) is 1. The summed E-state index contributed by atoms with van der Waals surface area (Å²) < 4.78 is 5.86. The molecular weight excluding hydrogens is 246 g/mol. The summed E-state index contributed by atoms with van der Waals surface area (Å²) >= 11 is 5.92. The van der Waals surface area contributed by atoms with Crippen LogP contribution in [0.5, 0.6) is 5.75 Å². The van der Waals surface area contributed by atoms with Crippen molar-refractivity contribution < 1.29 is 4.74 Å². The lowest BCUT2D eigenvalue weighted by Crippen LogP contribution is -2.41. The molecule has 0 radical (unpaired) electrons. The monoisotopic (exact) mass is 265 g/mol. The summed E-state index contributed by atoms with van der Waals surface area (Å²) in [6.07, 6.45) is 7.12. The van der Waals surface area contributed by atoms with Crippen molar-refractivity contribution in [2.75, 3.05) is 6.54 Å². The fourth-order valence-electron chi connectivity index (χ4n) is 1.70. The van der Waals surface area contributed by atoms with Crippen molar-refractivity contribution in [1.29, 1.82) is 0 Å². The molecule has 0 aromatic heterocycles. The van der Waals surface area contributed by atoms with E-state index in [1.807, 2.05) is 31.2 Å². The number of benzene rings is 1. The molecule has 1 aromatic carbocycles. The Morgan fingerprint density at radius 1 is 1.50 bits per heavy atom. The first-order valence-corrected chi connectivity index (χ1v) is 6.64. The molecule has 0 saturated carbocycles. The SMILES string of the molecule is C#CCC(NCCC)C(C)Oc1cccc(Cl)c1.